The van der Waals surface area contributed by atoms with Crippen LogP contribution >= 0.6 is 11.6 Å². The Hall–Kier alpha value is -0.580. The Balaban J connectivity index is 2.28. The second kappa shape index (κ2) is 7.88. The number of nitrogens with zero attached hydrogens (tertiary/aromatic N) is 2. The molecule has 1 aromatic rings. The maximum atomic E-state index is 9.47. The van der Waals surface area contributed by atoms with Gasteiger partial charge in [0.05, 0.1) is 17.3 Å². The number of halogens is 1. The van der Waals surface area contributed by atoms with Gasteiger partial charge in [0.15, 0.2) is 0 Å². The van der Waals surface area contributed by atoms with Gasteiger partial charge in [0.1, 0.15) is 0 Å². The normalized spacial score (nSPS) is 14.6. The number of aliphatic hydroxyl groups is 1. The number of hydrogen-bond donors (Lipinski definition) is 2. The van der Waals surface area contributed by atoms with Crippen molar-refractivity contribution in [2.24, 2.45) is 0 Å². The standard InChI is InChI=1S/C14H26ClN3O/c1-4-8-16-14(3,11-19)7-5-6-9-18-10-13(15)12(2)17-18/h10,16,19H,4-9,11H2,1-3H3. The molecule has 0 saturated carbocycles. The maximum absolute atomic E-state index is 9.47. The number of hydrogen-bond acceptors (Lipinski definition) is 3. The van der Waals surface area contributed by atoms with Crippen LogP contribution in [0.1, 0.15) is 45.2 Å². The lowest BCUT2D eigenvalue weighted by Crippen LogP contribution is -2.46. The van der Waals surface area contributed by atoms with Crippen molar-refractivity contribution >= 4 is 11.6 Å². The van der Waals surface area contributed by atoms with Gasteiger partial charge in [0.25, 0.3) is 0 Å². The van der Waals surface area contributed by atoms with Crippen molar-refractivity contribution in [3.8, 4) is 0 Å². The fourth-order valence-corrected chi connectivity index (χ4v) is 2.20. The van der Waals surface area contributed by atoms with Gasteiger partial charge in [0.2, 0.25) is 0 Å². The Kier molecular flexibility index (Phi) is 6.83. The summed E-state index contributed by atoms with van der Waals surface area (Å²) in [5.41, 5.74) is 0.722. The van der Waals surface area contributed by atoms with Crippen LogP contribution in [0.5, 0.6) is 0 Å². The van der Waals surface area contributed by atoms with Gasteiger partial charge in [-0.15, -0.1) is 0 Å². The molecule has 110 valence electrons. The van der Waals surface area contributed by atoms with Crippen LogP contribution in [0.15, 0.2) is 6.20 Å². The molecule has 0 fully saturated rings. The minimum atomic E-state index is -0.159. The Morgan fingerprint density at radius 1 is 1.47 bits per heavy atom. The van der Waals surface area contributed by atoms with E-state index in [4.69, 9.17) is 11.6 Å². The van der Waals surface area contributed by atoms with Gasteiger partial charge in [-0.3, -0.25) is 4.68 Å². The fourth-order valence-electron chi connectivity index (χ4n) is 2.05. The minimum absolute atomic E-state index is 0.159. The monoisotopic (exact) mass is 287 g/mol. The molecule has 0 spiro atoms. The summed E-state index contributed by atoms with van der Waals surface area (Å²) in [5, 5.41) is 17.9. The molecule has 0 aromatic carbocycles. The molecule has 0 aliphatic carbocycles. The van der Waals surface area contributed by atoms with Crippen LogP contribution in [0.2, 0.25) is 5.02 Å². The molecule has 0 bridgehead atoms. The number of aliphatic hydroxyl groups excluding tert-OH is 1. The first-order valence-corrected chi connectivity index (χ1v) is 7.44. The summed E-state index contributed by atoms with van der Waals surface area (Å²) in [5.74, 6) is 0. The molecule has 2 N–H and O–H groups in total. The van der Waals surface area contributed by atoms with E-state index in [-0.39, 0.29) is 12.1 Å². The van der Waals surface area contributed by atoms with Crippen molar-refractivity contribution < 1.29 is 5.11 Å². The SMILES string of the molecule is CCCNC(C)(CO)CCCCn1cc(Cl)c(C)n1. The zero-order valence-corrected chi connectivity index (χ0v) is 13.0. The predicted molar refractivity (Wildman–Crippen MR) is 79.6 cm³/mol. The number of nitrogens with one attached hydrogen (secondary N) is 1. The Morgan fingerprint density at radius 3 is 2.74 bits per heavy atom. The lowest BCUT2D eigenvalue weighted by molar-refractivity contribution is 0.162. The predicted octanol–water partition coefficient (Wildman–Crippen LogP) is 2.77. The number of aryl methyl sites for hydroxylation is 2. The van der Waals surface area contributed by atoms with Gasteiger partial charge in [-0.25, -0.2) is 0 Å². The highest BCUT2D eigenvalue weighted by Gasteiger charge is 2.21. The van der Waals surface area contributed by atoms with Gasteiger partial charge in [-0.2, -0.15) is 5.10 Å². The summed E-state index contributed by atoms with van der Waals surface area (Å²) in [4.78, 5) is 0. The molecule has 1 aromatic heterocycles. The number of unbranched alkanes of at least 4 members (excludes halogenated alkanes) is 1. The highest BCUT2D eigenvalue weighted by Crippen LogP contribution is 2.15. The minimum Gasteiger partial charge on any atom is -0.394 e. The molecule has 0 amide bonds. The molecule has 0 saturated heterocycles. The lowest BCUT2D eigenvalue weighted by atomic mass is 9.95. The van der Waals surface area contributed by atoms with Crippen molar-refractivity contribution in [1.29, 1.82) is 0 Å². The van der Waals surface area contributed by atoms with Gasteiger partial charge in [0, 0.05) is 18.3 Å². The summed E-state index contributed by atoms with van der Waals surface area (Å²) >= 11 is 5.97. The third-order valence-electron chi connectivity index (χ3n) is 3.40. The van der Waals surface area contributed by atoms with Crippen molar-refractivity contribution in [2.45, 2.75) is 58.5 Å². The van der Waals surface area contributed by atoms with Crippen molar-refractivity contribution in [3.05, 3.63) is 16.9 Å². The van der Waals surface area contributed by atoms with Crippen LogP contribution < -0.4 is 5.32 Å². The van der Waals surface area contributed by atoms with Crippen molar-refractivity contribution in [2.75, 3.05) is 13.2 Å². The Morgan fingerprint density at radius 2 is 2.21 bits per heavy atom. The van der Waals surface area contributed by atoms with Crippen molar-refractivity contribution in [3.63, 3.8) is 0 Å². The molecule has 19 heavy (non-hydrogen) atoms. The van der Waals surface area contributed by atoms with Crippen LogP contribution in [-0.4, -0.2) is 33.6 Å². The molecule has 5 heteroatoms. The zero-order chi connectivity index (χ0) is 14.3. The third-order valence-corrected chi connectivity index (χ3v) is 3.77. The van der Waals surface area contributed by atoms with Crippen LogP contribution in [0, 0.1) is 6.92 Å². The average molecular weight is 288 g/mol. The van der Waals surface area contributed by atoms with E-state index in [2.05, 4.69) is 24.3 Å². The van der Waals surface area contributed by atoms with Crippen LogP contribution in [0.3, 0.4) is 0 Å². The molecule has 0 aliphatic rings. The molecular weight excluding hydrogens is 262 g/mol. The van der Waals surface area contributed by atoms with E-state index in [1.165, 1.54) is 0 Å². The molecule has 1 unspecified atom stereocenters. The van der Waals surface area contributed by atoms with Gasteiger partial charge in [-0.05, 0) is 46.1 Å². The van der Waals surface area contributed by atoms with Crippen LogP contribution in [0.25, 0.3) is 0 Å². The summed E-state index contributed by atoms with van der Waals surface area (Å²) < 4.78 is 1.90. The summed E-state index contributed by atoms with van der Waals surface area (Å²) in [6.07, 6.45) is 6.03. The quantitative estimate of drug-likeness (QED) is 0.687. The van der Waals surface area contributed by atoms with E-state index in [1.807, 2.05) is 17.8 Å². The Labute approximate surface area is 121 Å². The first-order valence-electron chi connectivity index (χ1n) is 7.06. The first-order chi connectivity index (χ1) is 9.00. The summed E-state index contributed by atoms with van der Waals surface area (Å²) in [7, 11) is 0. The molecule has 1 heterocycles. The van der Waals surface area contributed by atoms with Gasteiger partial charge in [-0.1, -0.05) is 18.5 Å². The number of rotatable bonds is 9. The largest absolute Gasteiger partial charge is 0.394 e. The summed E-state index contributed by atoms with van der Waals surface area (Å²) in [6, 6.07) is 0. The zero-order valence-electron chi connectivity index (χ0n) is 12.2. The average Bonchev–Trinajstić information content (AvgIpc) is 2.72. The van der Waals surface area contributed by atoms with E-state index >= 15 is 0 Å². The number of aromatic nitrogens is 2. The lowest BCUT2D eigenvalue weighted by Gasteiger charge is -2.28. The fraction of sp³-hybridized carbons (Fsp3) is 0.786. The molecule has 4 nitrogen and oxygen atoms in total. The van der Waals surface area contributed by atoms with E-state index < -0.39 is 0 Å². The highest BCUT2D eigenvalue weighted by molar-refractivity contribution is 6.31. The second-order valence-electron chi connectivity index (χ2n) is 5.43. The van der Waals surface area contributed by atoms with E-state index in [9.17, 15) is 5.11 Å². The molecule has 1 atom stereocenters. The van der Waals surface area contributed by atoms with Crippen molar-refractivity contribution in [1.82, 2.24) is 15.1 Å². The first kappa shape index (κ1) is 16.5. The molecule has 0 aliphatic heterocycles. The second-order valence-corrected chi connectivity index (χ2v) is 5.84. The summed E-state index contributed by atoms with van der Waals surface area (Å²) in [6.45, 7) is 8.13. The van der Waals surface area contributed by atoms with E-state index in [0.717, 1.165) is 49.5 Å². The Bertz CT molecular complexity index is 361. The van der Waals surface area contributed by atoms with E-state index in [0.29, 0.717) is 0 Å². The van der Waals surface area contributed by atoms with Gasteiger partial charge < -0.3 is 10.4 Å². The smallest absolute Gasteiger partial charge is 0.0814 e. The third kappa shape index (κ3) is 5.51. The van der Waals surface area contributed by atoms with E-state index in [1.54, 1.807) is 0 Å². The van der Waals surface area contributed by atoms with Crippen LogP contribution in [0.4, 0.5) is 0 Å². The molecular formula is C14H26ClN3O. The van der Waals surface area contributed by atoms with Crippen LogP contribution in [-0.2, 0) is 6.54 Å². The van der Waals surface area contributed by atoms with Gasteiger partial charge >= 0.3 is 0 Å². The highest BCUT2D eigenvalue weighted by atomic mass is 35.5. The molecule has 0 radical (unpaired) electrons. The molecule has 1 rings (SSSR count). The topological polar surface area (TPSA) is 50.1 Å². The maximum Gasteiger partial charge on any atom is 0.0814 e.